The largest absolute Gasteiger partial charge is 0.508 e. The molecule has 2 rings (SSSR count). The molecule has 0 spiro atoms. The van der Waals surface area contributed by atoms with Crippen LogP contribution in [-0.2, 0) is 9.53 Å². The van der Waals surface area contributed by atoms with Gasteiger partial charge in [0.1, 0.15) is 11.4 Å². The Kier molecular flexibility index (Phi) is 7.19. The Morgan fingerprint density at radius 3 is 2.28 bits per heavy atom. The van der Waals surface area contributed by atoms with Crippen molar-refractivity contribution >= 4 is 29.3 Å². The van der Waals surface area contributed by atoms with E-state index in [-0.39, 0.29) is 30.5 Å². The van der Waals surface area contributed by atoms with Crippen LogP contribution in [0.4, 0.5) is 16.2 Å². The summed E-state index contributed by atoms with van der Waals surface area (Å²) in [5, 5.41) is 17.4. The average molecular weight is 399 g/mol. The highest BCUT2D eigenvalue weighted by Crippen LogP contribution is 2.18. The summed E-state index contributed by atoms with van der Waals surface area (Å²) >= 11 is 0. The number of rotatable bonds is 6. The maximum absolute atomic E-state index is 12.2. The van der Waals surface area contributed by atoms with Gasteiger partial charge in [0.25, 0.3) is 5.91 Å². The number of anilines is 2. The highest BCUT2D eigenvalue weighted by atomic mass is 16.6. The summed E-state index contributed by atoms with van der Waals surface area (Å²) in [6, 6.07) is 12.7. The van der Waals surface area contributed by atoms with Crippen LogP contribution >= 0.6 is 0 Å². The lowest BCUT2D eigenvalue weighted by Gasteiger charge is -2.19. The summed E-state index contributed by atoms with van der Waals surface area (Å²) in [6.07, 6.45) is -0.513. The van der Waals surface area contributed by atoms with Crippen LogP contribution in [0.1, 0.15) is 37.6 Å². The molecule has 0 radical (unpaired) electrons. The van der Waals surface area contributed by atoms with Crippen LogP contribution in [0.3, 0.4) is 0 Å². The third kappa shape index (κ3) is 7.92. The molecule has 0 aromatic heterocycles. The van der Waals surface area contributed by atoms with E-state index in [1.807, 2.05) is 0 Å². The van der Waals surface area contributed by atoms with Crippen LogP contribution in [0.5, 0.6) is 5.75 Å². The van der Waals surface area contributed by atoms with Gasteiger partial charge in [-0.2, -0.15) is 0 Å². The number of nitrogens with one attached hydrogen (secondary N) is 3. The number of hydrogen-bond acceptors (Lipinski definition) is 5. The second-order valence-corrected chi connectivity index (χ2v) is 7.31. The fourth-order valence-electron chi connectivity index (χ4n) is 2.34. The Hall–Kier alpha value is -3.55. The van der Waals surface area contributed by atoms with Crippen LogP contribution < -0.4 is 16.0 Å². The smallest absolute Gasteiger partial charge is 0.407 e. The van der Waals surface area contributed by atoms with Gasteiger partial charge in [-0.1, -0.05) is 12.1 Å². The van der Waals surface area contributed by atoms with E-state index < -0.39 is 11.7 Å². The molecule has 154 valence electrons. The molecule has 0 saturated heterocycles. The van der Waals surface area contributed by atoms with Gasteiger partial charge in [0.15, 0.2) is 0 Å². The second-order valence-electron chi connectivity index (χ2n) is 7.31. The van der Waals surface area contributed by atoms with E-state index in [9.17, 15) is 19.5 Å². The average Bonchev–Trinajstić information content (AvgIpc) is 2.60. The normalized spacial score (nSPS) is 10.7. The first kappa shape index (κ1) is 21.7. The fraction of sp³-hybridized carbons (Fsp3) is 0.286. The zero-order valence-corrected chi connectivity index (χ0v) is 16.6. The standard InChI is InChI=1S/C21H25N3O5/c1-21(2,3)29-20(28)22-11-10-18(26)23-15-7-5-8-16(13-15)24-19(27)14-6-4-9-17(25)12-14/h4-9,12-13,25H,10-11H2,1-3H3,(H,22,28)(H,23,26)(H,24,27). The van der Waals surface area contributed by atoms with E-state index in [0.717, 1.165) is 0 Å². The summed E-state index contributed by atoms with van der Waals surface area (Å²) in [5.74, 6) is -0.679. The number of carbonyl (C=O) groups excluding carboxylic acids is 3. The fourth-order valence-corrected chi connectivity index (χ4v) is 2.34. The Morgan fingerprint density at radius 2 is 1.62 bits per heavy atom. The molecule has 0 atom stereocenters. The molecule has 0 aliphatic carbocycles. The zero-order valence-electron chi connectivity index (χ0n) is 16.6. The van der Waals surface area contributed by atoms with Crippen molar-refractivity contribution in [2.75, 3.05) is 17.2 Å². The number of hydrogen-bond donors (Lipinski definition) is 4. The monoisotopic (exact) mass is 399 g/mol. The highest BCUT2D eigenvalue weighted by molar-refractivity contribution is 6.05. The van der Waals surface area contributed by atoms with E-state index in [1.165, 1.54) is 12.1 Å². The van der Waals surface area contributed by atoms with E-state index in [0.29, 0.717) is 16.9 Å². The molecule has 8 heteroatoms. The van der Waals surface area contributed by atoms with E-state index in [2.05, 4.69) is 16.0 Å². The lowest BCUT2D eigenvalue weighted by atomic mass is 10.2. The first-order valence-electron chi connectivity index (χ1n) is 9.09. The van der Waals surface area contributed by atoms with Gasteiger partial charge in [-0.3, -0.25) is 9.59 Å². The van der Waals surface area contributed by atoms with Crippen molar-refractivity contribution in [1.29, 1.82) is 0 Å². The van der Waals surface area contributed by atoms with Crippen LogP contribution in [-0.4, -0.2) is 35.2 Å². The SMILES string of the molecule is CC(C)(C)OC(=O)NCCC(=O)Nc1cccc(NC(=O)c2cccc(O)c2)c1. The lowest BCUT2D eigenvalue weighted by Crippen LogP contribution is -2.34. The number of alkyl carbamates (subject to hydrolysis) is 1. The molecule has 29 heavy (non-hydrogen) atoms. The van der Waals surface area contributed by atoms with Crippen molar-refractivity contribution in [3.05, 3.63) is 54.1 Å². The van der Waals surface area contributed by atoms with E-state index in [4.69, 9.17) is 4.74 Å². The van der Waals surface area contributed by atoms with Crippen LogP contribution in [0.25, 0.3) is 0 Å². The Morgan fingerprint density at radius 1 is 0.966 bits per heavy atom. The number of aromatic hydroxyl groups is 1. The zero-order chi connectivity index (χ0) is 21.4. The van der Waals surface area contributed by atoms with Crippen molar-refractivity contribution in [2.24, 2.45) is 0 Å². The lowest BCUT2D eigenvalue weighted by molar-refractivity contribution is -0.116. The van der Waals surface area contributed by atoms with Crippen molar-refractivity contribution in [3.8, 4) is 5.75 Å². The molecule has 0 unspecified atom stereocenters. The summed E-state index contributed by atoms with van der Waals surface area (Å²) < 4.78 is 5.10. The van der Waals surface area contributed by atoms with Gasteiger partial charge in [-0.15, -0.1) is 0 Å². The third-order valence-corrected chi connectivity index (χ3v) is 3.53. The van der Waals surface area contributed by atoms with Gasteiger partial charge >= 0.3 is 6.09 Å². The van der Waals surface area contributed by atoms with E-state index >= 15 is 0 Å². The minimum Gasteiger partial charge on any atom is -0.508 e. The van der Waals surface area contributed by atoms with Gasteiger partial charge in [-0.05, 0) is 57.2 Å². The first-order valence-corrected chi connectivity index (χ1v) is 9.09. The van der Waals surface area contributed by atoms with Gasteiger partial charge in [0, 0.05) is 29.9 Å². The van der Waals surface area contributed by atoms with Gasteiger partial charge < -0.3 is 25.8 Å². The minimum absolute atomic E-state index is 0.00125. The van der Waals surface area contributed by atoms with Gasteiger partial charge in [0.2, 0.25) is 5.91 Å². The van der Waals surface area contributed by atoms with Crippen LogP contribution in [0, 0.1) is 0 Å². The summed E-state index contributed by atoms with van der Waals surface area (Å²) in [4.78, 5) is 35.9. The molecule has 0 saturated carbocycles. The molecule has 2 aromatic rings. The quantitative estimate of drug-likeness (QED) is 0.593. The molecule has 8 nitrogen and oxygen atoms in total. The topological polar surface area (TPSA) is 117 Å². The predicted molar refractivity (Wildman–Crippen MR) is 110 cm³/mol. The van der Waals surface area contributed by atoms with Crippen molar-refractivity contribution < 1.29 is 24.2 Å². The number of benzene rings is 2. The summed E-state index contributed by atoms with van der Waals surface area (Å²) in [5.41, 5.74) is 0.701. The second kappa shape index (κ2) is 9.59. The number of carbonyl (C=O) groups is 3. The minimum atomic E-state index is -0.601. The Labute approximate surface area is 169 Å². The molecular weight excluding hydrogens is 374 g/mol. The number of ether oxygens (including phenoxy) is 1. The molecule has 3 amide bonds. The predicted octanol–water partition coefficient (Wildman–Crippen LogP) is 3.50. The van der Waals surface area contributed by atoms with Crippen molar-refractivity contribution in [3.63, 3.8) is 0 Å². The summed E-state index contributed by atoms with van der Waals surface area (Å²) in [7, 11) is 0. The molecule has 0 fully saturated rings. The van der Waals surface area contributed by atoms with Crippen LogP contribution in [0.15, 0.2) is 48.5 Å². The third-order valence-electron chi connectivity index (χ3n) is 3.53. The summed E-state index contributed by atoms with van der Waals surface area (Å²) in [6.45, 7) is 5.40. The molecule has 2 aromatic carbocycles. The molecule has 4 N–H and O–H groups in total. The number of phenols is 1. The Balaban J connectivity index is 1.85. The molecule has 0 heterocycles. The van der Waals surface area contributed by atoms with Gasteiger partial charge in [-0.25, -0.2) is 4.79 Å². The maximum Gasteiger partial charge on any atom is 0.407 e. The van der Waals surface area contributed by atoms with Crippen molar-refractivity contribution in [2.45, 2.75) is 32.8 Å². The number of amides is 3. The first-order chi connectivity index (χ1) is 13.6. The molecule has 0 aliphatic heterocycles. The molecule has 0 bridgehead atoms. The van der Waals surface area contributed by atoms with E-state index in [1.54, 1.807) is 57.2 Å². The maximum atomic E-state index is 12.2. The molecule has 0 aliphatic rings. The van der Waals surface area contributed by atoms with Gasteiger partial charge in [0.05, 0.1) is 0 Å². The highest BCUT2D eigenvalue weighted by Gasteiger charge is 2.16. The molecular formula is C21H25N3O5. The number of phenolic OH excluding ortho intramolecular Hbond substituents is 1. The Bertz CT molecular complexity index is 890. The van der Waals surface area contributed by atoms with Crippen molar-refractivity contribution in [1.82, 2.24) is 5.32 Å². The van der Waals surface area contributed by atoms with Crippen LogP contribution in [0.2, 0.25) is 0 Å².